The number of ether oxygens (including phenoxy) is 2. The van der Waals surface area contributed by atoms with E-state index in [0.717, 1.165) is 33.8 Å². The lowest BCUT2D eigenvalue weighted by Crippen LogP contribution is -2.21. The van der Waals surface area contributed by atoms with E-state index in [1.807, 2.05) is 36.4 Å². The van der Waals surface area contributed by atoms with Crippen LogP contribution in [0, 0.1) is 0 Å². The summed E-state index contributed by atoms with van der Waals surface area (Å²) in [7, 11) is 0. The molecule has 11 heteroatoms. The molecular formula is C20H16N6O3S2. The number of hydrogen-bond acceptors (Lipinski definition) is 10. The molecule has 1 aromatic carbocycles. The monoisotopic (exact) mass is 452 g/mol. The number of fused-ring (bicyclic) bond motifs is 2. The molecule has 4 aromatic rings. The van der Waals surface area contributed by atoms with Crippen LogP contribution in [0.5, 0.6) is 11.5 Å². The summed E-state index contributed by atoms with van der Waals surface area (Å²) >= 11 is 3.22. The Balaban J connectivity index is 1.15. The number of aromatic nitrogens is 6. The molecule has 2 aliphatic heterocycles. The SMILES string of the molecule is c1cncc(-c2nnc3n2C(CSc2nnc(C4COc5ccccc5O4)o2)CS3)c1. The van der Waals surface area contributed by atoms with Gasteiger partial charge in [0.1, 0.15) is 6.61 Å². The number of benzene rings is 1. The summed E-state index contributed by atoms with van der Waals surface area (Å²) in [6.45, 7) is 0.334. The van der Waals surface area contributed by atoms with Gasteiger partial charge in [0.15, 0.2) is 22.5 Å². The lowest BCUT2D eigenvalue weighted by atomic mass is 10.2. The van der Waals surface area contributed by atoms with Gasteiger partial charge in [-0.1, -0.05) is 35.7 Å². The smallest absolute Gasteiger partial charge is 0.276 e. The molecule has 3 aromatic heterocycles. The number of para-hydroxylation sites is 2. The summed E-state index contributed by atoms with van der Waals surface area (Å²) in [5.41, 5.74) is 0.952. The van der Waals surface area contributed by atoms with Crippen molar-refractivity contribution < 1.29 is 13.9 Å². The number of hydrogen-bond donors (Lipinski definition) is 0. The molecule has 0 aliphatic carbocycles. The quantitative estimate of drug-likeness (QED) is 0.417. The topological polar surface area (TPSA) is 101 Å². The zero-order valence-electron chi connectivity index (χ0n) is 16.1. The lowest BCUT2D eigenvalue weighted by molar-refractivity contribution is 0.0686. The van der Waals surface area contributed by atoms with Gasteiger partial charge in [0.2, 0.25) is 6.10 Å². The summed E-state index contributed by atoms with van der Waals surface area (Å²) in [5.74, 6) is 4.33. The van der Waals surface area contributed by atoms with E-state index in [0.29, 0.717) is 23.5 Å². The van der Waals surface area contributed by atoms with Crippen molar-refractivity contribution >= 4 is 23.5 Å². The Morgan fingerprint density at radius 3 is 2.90 bits per heavy atom. The zero-order chi connectivity index (χ0) is 20.6. The molecular weight excluding hydrogens is 436 g/mol. The largest absolute Gasteiger partial charge is 0.485 e. The standard InChI is InChI=1S/C20H16N6O3S2/c1-2-6-15-14(5-1)27-9-16(28-15)18-23-25-20(29-18)31-11-13-10-30-19-24-22-17(26(13)19)12-4-3-7-21-8-12/h1-8,13,16H,9-11H2. The van der Waals surface area contributed by atoms with Crippen molar-refractivity contribution in [3.8, 4) is 22.9 Å². The molecule has 0 saturated heterocycles. The zero-order valence-corrected chi connectivity index (χ0v) is 17.8. The van der Waals surface area contributed by atoms with Gasteiger partial charge < -0.3 is 13.9 Å². The van der Waals surface area contributed by atoms with Crippen LogP contribution in [0.3, 0.4) is 0 Å². The van der Waals surface area contributed by atoms with E-state index in [2.05, 4.69) is 29.9 Å². The van der Waals surface area contributed by atoms with Crippen molar-refractivity contribution in [2.24, 2.45) is 0 Å². The number of nitrogens with zero attached hydrogens (tertiary/aromatic N) is 6. The first-order chi connectivity index (χ1) is 15.3. The van der Waals surface area contributed by atoms with Crippen molar-refractivity contribution in [1.29, 1.82) is 0 Å². The highest BCUT2D eigenvalue weighted by molar-refractivity contribution is 8.00. The molecule has 0 spiro atoms. The van der Waals surface area contributed by atoms with Gasteiger partial charge in [0.25, 0.3) is 11.1 Å². The molecule has 2 unspecified atom stereocenters. The maximum atomic E-state index is 5.95. The molecule has 0 bridgehead atoms. The molecule has 5 heterocycles. The van der Waals surface area contributed by atoms with Crippen molar-refractivity contribution in [2.45, 2.75) is 22.5 Å². The summed E-state index contributed by atoms with van der Waals surface area (Å²) in [6.07, 6.45) is 3.14. The fourth-order valence-electron chi connectivity index (χ4n) is 3.48. The second-order valence-electron chi connectivity index (χ2n) is 6.96. The molecule has 2 atom stereocenters. The third-order valence-corrected chi connectivity index (χ3v) is 7.01. The van der Waals surface area contributed by atoms with Gasteiger partial charge in [-0.2, -0.15) is 0 Å². The van der Waals surface area contributed by atoms with E-state index in [-0.39, 0.29) is 6.04 Å². The first-order valence-electron chi connectivity index (χ1n) is 9.68. The third kappa shape index (κ3) is 3.53. The molecule has 0 amide bonds. The van der Waals surface area contributed by atoms with Gasteiger partial charge in [-0.25, -0.2) is 0 Å². The summed E-state index contributed by atoms with van der Waals surface area (Å²) in [5, 5.41) is 18.5. The fourth-order valence-corrected chi connectivity index (χ4v) is 5.56. The van der Waals surface area contributed by atoms with Crippen LogP contribution < -0.4 is 9.47 Å². The van der Waals surface area contributed by atoms with Gasteiger partial charge >= 0.3 is 0 Å². The highest BCUT2D eigenvalue weighted by Crippen LogP contribution is 2.39. The van der Waals surface area contributed by atoms with Crippen LogP contribution in [0.2, 0.25) is 0 Å². The Bertz CT molecular complexity index is 1210. The molecule has 2 aliphatic rings. The predicted octanol–water partition coefficient (Wildman–Crippen LogP) is 3.67. The molecule has 6 rings (SSSR count). The average Bonchev–Trinajstić information content (AvgIpc) is 3.55. The Kier molecular flexibility index (Phi) is 4.76. The molecule has 0 fully saturated rings. The van der Waals surface area contributed by atoms with Crippen LogP contribution in [-0.4, -0.2) is 48.1 Å². The minimum absolute atomic E-state index is 0.215. The Labute approximate surface area is 185 Å². The first kappa shape index (κ1) is 18.7. The maximum absolute atomic E-state index is 5.95. The van der Waals surface area contributed by atoms with Gasteiger partial charge in [-0.3, -0.25) is 9.55 Å². The highest BCUT2D eigenvalue weighted by Gasteiger charge is 2.30. The molecule has 9 nitrogen and oxygen atoms in total. The minimum atomic E-state index is -0.416. The minimum Gasteiger partial charge on any atom is -0.485 e. The van der Waals surface area contributed by atoms with Gasteiger partial charge in [0.05, 0.1) is 6.04 Å². The van der Waals surface area contributed by atoms with Gasteiger partial charge in [0, 0.05) is 29.5 Å². The van der Waals surface area contributed by atoms with Crippen LogP contribution in [-0.2, 0) is 0 Å². The second-order valence-corrected chi connectivity index (χ2v) is 8.92. The molecule has 0 saturated carbocycles. The number of rotatable bonds is 5. The van der Waals surface area contributed by atoms with Gasteiger partial charge in [-0.05, 0) is 24.3 Å². The van der Waals surface area contributed by atoms with Crippen molar-refractivity contribution in [3.63, 3.8) is 0 Å². The van der Waals surface area contributed by atoms with Crippen LogP contribution in [0.15, 0.2) is 63.6 Å². The molecule has 0 N–H and O–H groups in total. The fraction of sp³-hybridized carbons (Fsp3) is 0.250. The highest BCUT2D eigenvalue weighted by atomic mass is 32.2. The van der Waals surface area contributed by atoms with Gasteiger partial charge in [-0.15, -0.1) is 20.4 Å². The molecule has 0 radical (unpaired) electrons. The van der Waals surface area contributed by atoms with Crippen LogP contribution >= 0.6 is 23.5 Å². The predicted molar refractivity (Wildman–Crippen MR) is 113 cm³/mol. The summed E-state index contributed by atoms with van der Waals surface area (Å²) in [4.78, 5) is 4.20. The Morgan fingerprint density at radius 1 is 1.06 bits per heavy atom. The maximum Gasteiger partial charge on any atom is 0.276 e. The van der Waals surface area contributed by atoms with E-state index >= 15 is 0 Å². The molecule has 31 heavy (non-hydrogen) atoms. The normalized spacial score (nSPS) is 19.4. The number of thioether (sulfide) groups is 2. The van der Waals surface area contributed by atoms with Crippen molar-refractivity contribution in [2.75, 3.05) is 18.1 Å². The summed E-state index contributed by atoms with van der Waals surface area (Å²) < 4.78 is 19.7. The van der Waals surface area contributed by atoms with E-state index in [9.17, 15) is 0 Å². The van der Waals surface area contributed by atoms with E-state index in [1.165, 1.54) is 11.8 Å². The first-order valence-corrected chi connectivity index (χ1v) is 11.6. The summed E-state index contributed by atoms with van der Waals surface area (Å²) in [6, 6.07) is 11.7. The van der Waals surface area contributed by atoms with Crippen LogP contribution in [0.1, 0.15) is 18.0 Å². The lowest BCUT2D eigenvalue weighted by Gasteiger charge is -2.23. The average molecular weight is 453 g/mol. The second kappa shape index (κ2) is 7.89. The molecule has 156 valence electrons. The van der Waals surface area contributed by atoms with Crippen LogP contribution in [0.4, 0.5) is 0 Å². The van der Waals surface area contributed by atoms with Crippen molar-refractivity contribution in [3.05, 3.63) is 54.7 Å². The van der Waals surface area contributed by atoms with Crippen LogP contribution in [0.25, 0.3) is 11.4 Å². The Morgan fingerprint density at radius 2 is 2.00 bits per heavy atom. The number of pyridine rings is 1. The third-order valence-electron chi connectivity index (χ3n) is 4.96. The van der Waals surface area contributed by atoms with E-state index in [1.54, 1.807) is 24.2 Å². The van der Waals surface area contributed by atoms with E-state index < -0.39 is 6.10 Å². The van der Waals surface area contributed by atoms with E-state index in [4.69, 9.17) is 13.9 Å². The Hall–Kier alpha value is -3.05. The van der Waals surface area contributed by atoms with Crippen molar-refractivity contribution in [1.82, 2.24) is 29.9 Å².